The Labute approximate surface area is 153 Å². The van der Waals surface area contributed by atoms with Crippen molar-refractivity contribution in [3.05, 3.63) is 30.0 Å². The molecule has 1 aliphatic heterocycles. The van der Waals surface area contributed by atoms with Gasteiger partial charge in [-0.05, 0) is 49.9 Å². The Morgan fingerprint density at radius 1 is 1.38 bits per heavy atom. The van der Waals surface area contributed by atoms with Crippen LogP contribution in [0.5, 0.6) is 5.88 Å². The highest BCUT2D eigenvalue weighted by molar-refractivity contribution is 5.78. The predicted octanol–water partition coefficient (Wildman–Crippen LogP) is 2.25. The van der Waals surface area contributed by atoms with Gasteiger partial charge in [0.15, 0.2) is 0 Å². The van der Waals surface area contributed by atoms with Crippen LogP contribution in [0.15, 0.2) is 24.4 Å². The Bertz CT molecular complexity index is 753. The first-order chi connectivity index (χ1) is 12.7. The average molecular weight is 358 g/mol. The van der Waals surface area contributed by atoms with E-state index in [-0.39, 0.29) is 6.09 Å². The van der Waals surface area contributed by atoms with Crippen molar-refractivity contribution in [3.8, 4) is 5.88 Å². The molecule has 2 aromatic rings. The van der Waals surface area contributed by atoms with Crippen LogP contribution in [0.3, 0.4) is 0 Å². The summed E-state index contributed by atoms with van der Waals surface area (Å²) in [7, 11) is 1.62. The molecule has 140 valence electrons. The summed E-state index contributed by atoms with van der Waals surface area (Å²) in [5, 5.41) is 2.84. The van der Waals surface area contributed by atoms with Gasteiger partial charge in [-0.2, -0.15) is 0 Å². The Hall–Kier alpha value is -2.41. The first-order valence-electron chi connectivity index (χ1n) is 9.11. The fourth-order valence-electron chi connectivity index (χ4n) is 3.35. The quantitative estimate of drug-likeness (QED) is 0.818. The van der Waals surface area contributed by atoms with Crippen LogP contribution in [-0.4, -0.2) is 60.9 Å². The summed E-state index contributed by atoms with van der Waals surface area (Å²) in [6.07, 6.45) is 3.52. The number of carbonyl (C=O) groups excluding carboxylic acids is 1. The molecule has 3 heterocycles. The second kappa shape index (κ2) is 8.80. The van der Waals surface area contributed by atoms with E-state index in [0.29, 0.717) is 24.9 Å². The number of ether oxygens (including phenoxy) is 2. The number of amides is 1. The molecule has 1 fully saturated rings. The van der Waals surface area contributed by atoms with Gasteiger partial charge >= 0.3 is 6.09 Å². The molecule has 7 heteroatoms. The van der Waals surface area contributed by atoms with E-state index in [1.165, 1.54) is 5.56 Å². The Morgan fingerprint density at radius 3 is 3.08 bits per heavy atom. The van der Waals surface area contributed by atoms with Crippen molar-refractivity contribution in [2.24, 2.45) is 5.92 Å². The summed E-state index contributed by atoms with van der Waals surface area (Å²) >= 11 is 0. The molecular formula is C19H26N4O3. The molecule has 2 aromatic heterocycles. The molecular weight excluding hydrogens is 332 g/mol. The maximum absolute atomic E-state index is 11.4. The van der Waals surface area contributed by atoms with Crippen molar-refractivity contribution in [2.75, 3.05) is 39.9 Å². The zero-order valence-electron chi connectivity index (χ0n) is 15.4. The Kier molecular flexibility index (Phi) is 6.22. The molecule has 0 aliphatic carbocycles. The highest BCUT2D eigenvalue weighted by Crippen LogP contribution is 2.20. The minimum absolute atomic E-state index is 0.325. The molecule has 0 bridgehead atoms. The Balaban J connectivity index is 1.53. The van der Waals surface area contributed by atoms with Crippen molar-refractivity contribution in [2.45, 2.75) is 19.8 Å². The minimum Gasteiger partial charge on any atom is -0.481 e. The van der Waals surface area contributed by atoms with Crippen molar-refractivity contribution >= 4 is 17.1 Å². The Morgan fingerprint density at radius 2 is 2.27 bits per heavy atom. The molecule has 0 spiro atoms. The predicted molar refractivity (Wildman–Crippen MR) is 99.4 cm³/mol. The monoisotopic (exact) mass is 358 g/mol. The number of methoxy groups -OCH3 is 1. The van der Waals surface area contributed by atoms with Gasteiger partial charge in [-0.3, -0.25) is 4.98 Å². The molecule has 26 heavy (non-hydrogen) atoms. The van der Waals surface area contributed by atoms with Crippen molar-refractivity contribution < 1.29 is 14.3 Å². The van der Waals surface area contributed by atoms with Gasteiger partial charge in [0.05, 0.1) is 24.8 Å². The van der Waals surface area contributed by atoms with Gasteiger partial charge in [-0.15, -0.1) is 0 Å². The van der Waals surface area contributed by atoms with E-state index < -0.39 is 0 Å². The SMILES string of the molecule is CCOC(=O)NC[C@@H]1CCN(CCc2ccnc3ccc(OC)nc23)C1. The van der Waals surface area contributed by atoms with Gasteiger partial charge in [-0.1, -0.05) is 0 Å². The lowest BCUT2D eigenvalue weighted by atomic mass is 10.1. The standard InChI is InChI=1S/C19H26N4O3/c1-3-26-19(24)21-12-14-7-10-23(13-14)11-8-15-6-9-20-16-4-5-17(25-2)22-18(15)16/h4-6,9,14H,3,7-8,10-13H2,1-2H3,(H,21,24)/t14-/m0/s1. The maximum atomic E-state index is 11.4. The van der Waals surface area contributed by atoms with Gasteiger partial charge < -0.3 is 19.7 Å². The van der Waals surface area contributed by atoms with E-state index in [4.69, 9.17) is 9.47 Å². The third-order valence-corrected chi connectivity index (χ3v) is 4.73. The summed E-state index contributed by atoms with van der Waals surface area (Å²) < 4.78 is 10.1. The molecule has 1 N–H and O–H groups in total. The molecule has 1 saturated heterocycles. The first-order valence-corrected chi connectivity index (χ1v) is 9.11. The second-order valence-electron chi connectivity index (χ2n) is 6.50. The van der Waals surface area contributed by atoms with Crippen LogP contribution in [-0.2, 0) is 11.2 Å². The van der Waals surface area contributed by atoms with Gasteiger partial charge in [0, 0.05) is 31.9 Å². The highest BCUT2D eigenvalue weighted by atomic mass is 16.5. The minimum atomic E-state index is -0.325. The van der Waals surface area contributed by atoms with Crippen LogP contribution in [0.25, 0.3) is 11.0 Å². The van der Waals surface area contributed by atoms with Crippen LogP contribution < -0.4 is 10.1 Å². The lowest BCUT2D eigenvalue weighted by Crippen LogP contribution is -2.31. The van der Waals surface area contributed by atoms with E-state index in [9.17, 15) is 4.79 Å². The number of likely N-dealkylation sites (tertiary alicyclic amines) is 1. The largest absolute Gasteiger partial charge is 0.481 e. The summed E-state index contributed by atoms with van der Waals surface area (Å²) in [5.74, 6) is 1.09. The number of nitrogens with one attached hydrogen (secondary N) is 1. The number of rotatable bonds is 7. The molecule has 1 aliphatic rings. The summed E-state index contributed by atoms with van der Waals surface area (Å²) in [6.45, 7) is 5.90. The van der Waals surface area contributed by atoms with E-state index in [2.05, 4.69) is 20.2 Å². The molecule has 0 saturated carbocycles. The number of pyridine rings is 2. The van der Waals surface area contributed by atoms with Crippen molar-refractivity contribution in [1.29, 1.82) is 0 Å². The lowest BCUT2D eigenvalue weighted by molar-refractivity contribution is 0.150. The third-order valence-electron chi connectivity index (χ3n) is 4.73. The number of hydrogen-bond donors (Lipinski definition) is 1. The lowest BCUT2D eigenvalue weighted by Gasteiger charge is -2.16. The molecule has 7 nitrogen and oxygen atoms in total. The smallest absolute Gasteiger partial charge is 0.407 e. The number of alkyl carbamates (subject to hydrolysis) is 1. The summed E-state index contributed by atoms with van der Waals surface area (Å²) in [6, 6.07) is 5.81. The second-order valence-corrected chi connectivity index (χ2v) is 6.50. The normalized spacial score (nSPS) is 17.4. The van der Waals surface area contributed by atoms with Gasteiger partial charge in [-0.25, -0.2) is 9.78 Å². The number of hydrogen-bond acceptors (Lipinski definition) is 6. The highest BCUT2D eigenvalue weighted by Gasteiger charge is 2.23. The van der Waals surface area contributed by atoms with E-state index in [0.717, 1.165) is 43.5 Å². The zero-order valence-corrected chi connectivity index (χ0v) is 15.4. The fourth-order valence-corrected chi connectivity index (χ4v) is 3.35. The molecule has 1 amide bonds. The van der Waals surface area contributed by atoms with E-state index in [1.54, 1.807) is 7.11 Å². The van der Waals surface area contributed by atoms with Gasteiger partial charge in [0.2, 0.25) is 5.88 Å². The van der Waals surface area contributed by atoms with E-state index >= 15 is 0 Å². The van der Waals surface area contributed by atoms with Crippen LogP contribution >= 0.6 is 0 Å². The molecule has 0 radical (unpaired) electrons. The van der Waals surface area contributed by atoms with Crippen molar-refractivity contribution in [3.63, 3.8) is 0 Å². The number of aromatic nitrogens is 2. The molecule has 0 unspecified atom stereocenters. The maximum Gasteiger partial charge on any atom is 0.407 e. The number of nitrogens with zero attached hydrogens (tertiary/aromatic N) is 3. The van der Waals surface area contributed by atoms with Crippen molar-refractivity contribution in [1.82, 2.24) is 20.2 Å². The van der Waals surface area contributed by atoms with E-state index in [1.807, 2.05) is 31.3 Å². The summed E-state index contributed by atoms with van der Waals surface area (Å²) in [4.78, 5) is 22.8. The zero-order chi connectivity index (χ0) is 18.4. The van der Waals surface area contributed by atoms with Crippen LogP contribution in [0.1, 0.15) is 18.9 Å². The molecule has 0 aromatic carbocycles. The first kappa shape index (κ1) is 18.4. The molecule has 1 atom stereocenters. The number of carbonyl (C=O) groups is 1. The van der Waals surface area contributed by atoms with Crippen LogP contribution in [0.2, 0.25) is 0 Å². The third kappa shape index (κ3) is 4.60. The average Bonchev–Trinajstić information content (AvgIpc) is 3.12. The number of fused-ring (bicyclic) bond motifs is 1. The summed E-state index contributed by atoms with van der Waals surface area (Å²) in [5.41, 5.74) is 2.98. The van der Waals surface area contributed by atoms with Crippen LogP contribution in [0.4, 0.5) is 4.79 Å². The topological polar surface area (TPSA) is 76.6 Å². The van der Waals surface area contributed by atoms with Gasteiger partial charge in [0.25, 0.3) is 0 Å². The van der Waals surface area contributed by atoms with Gasteiger partial charge in [0.1, 0.15) is 0 Å². The fraction of sp³-hybridized carbons (Fsp3) is 0.526. The molecule has 3 rings (SSSR count). The van der Waals surface area contributed by atoms with Crippen LogP contribution in [0, 0.1) is 5.92 Å².